The van der Waals surface area contributed by atoms with Crippen molar-refractivity contribution in [2.24, 2.45) is 0 Å². The van der Waals surface area contributed by atoms with Crippen LogP contribution in [0.15, 0.2) is 16.6 Å². The van der Waals surface area contributed by atoms with Crippen LogP contribution in [0.4, 0.5) is 4.79 Å². The normalized spacial score (nSPS) is 11.7. The zero-order valence-corrected chi connectivity index (χ0v) is 13.9. The van der Waals surface area contributed by atoms with Crippen LogP contribution in [0.1, 0.15) is 12.5 Å². The zero-order chi connectivity index (χ0) is 15.1. The zero-order valence-electron chi connectivity index (χ0n) is 11.5. The largest absolute Gasteiger partial charge is 0.496 e. The topological polar surface area (TPSA) is 56.8 Å². The Morgan fingerprint density at radius 1 is 1.35 bits per heavy atom. The average molecular weight is 367 g/mol. The van der Waals surface area contributed by atoms with E-state index < -0.39 is 11.7 Å². The number of hydrogen-bond donors (Lipinski definition) is 1. The molecular formula is C13H17BrClNO4. The molecule has 0 aliphatic heterocycles. The summed E-state index contributed by atoms with van der Waals surface area (Å²) in [6, 6.07) is 3.69. The van der Waals surface area contributed by atoms with Crippen LogP contribution in [0.2, 0.25) is 0 Å². The van der Waals surface area contributed by atoms with Gasteiger partial charge in [-0.05, 0) is 47.0 Å². The molecule has 1 N–H and O–H groups in total. The summed E-state index contributed by atoms with van der Waals surface area (Å²) >= 11 is 8.94. The SMILES string of the molecule is COc1cc(CCNC(=O)OC(C)Cl)c(OC)cc1Br. The van der Waals surface area contributed by atoms with E-state index in [-0.39, 0.29) is 0 Å². The van der Waals surface area contributed by atoms with Crippen molar-refractivity contribution in [2.45, 2.75) is 18.9 Å². The molecule has 0 bridgehead atoms. The second kappa shape index (κ2) is 8.21. The van der Waals surface area contributed by atoms with E-state index in [4.69, 9.17) is 25.8 Å². The highest BCUT2D eigenvalue weighted by atomic mass is 79.9. The fourth-order valence-electron chi connectivity index (χ4n) is 1.61. The number of amides is 1. The molecule has 0 heterocycles. The fourth-order valence-corrected chi connectivity index (χ4v) is 2.17. The van der Waals surface area contributed by atoms with Crippen LogP contribution < -0.4 is 14.8 Å². The highest BCUT2D eigenvalue weighted by Crippen LogP contribution is 2.32. The van der Waals surface area contributed by atoms with E-state index in [0.717, 1.165) is 15.8 Å². The van der Waals surface area contributed by atoms with Gasteiger partial charge in [-0.1, -0.05) is 11.6 Å². The van der Waals surface area contributed by atoms with Gasteiger partial charge in [0.05, 0.1) is 18.7 Å². The highest BCUT2D eigenvalue weighted by Gasteiger charge is 2.11. The van der Waals surface area contributed by atoms with Gasteiger partial charge in [-0.15, -0.1) is 0 Å². The van der Waals surface area contributed by atoms with Crippen LogP contribution in [0.5, 0.6) is 11.5 Å². The Morgan fingerprint density at radius 3 is 2.55 bits per heavy atom. The smallest absolute Gasteiger partial charge is 0.408 e. The second-order valence-electron chi connectivity index (χ2n) is 3.92. The first-order chi connectivity index (χ1) is 9.47. The van der Waals surface area contributed by atoms with E-state index in [0.29, 0.717) is 18.7 Å². The molecular weight excluding hydrogens is 350 g/mol. The highest BCUT2D eigenvalue weighted by molar-refractivity contribution is 9.10. The molecule has 20 heavy (non-hydrogen) atoms. The predicted molar refractivity (Wildman–Crippen MR) is 80.7 cm³/mol. The van der Waals surface area contributed by atoms with E-state index in [1.54, 1.807) is 21.1 Å². The first-order valence-electron chi connectivity index (χ1n) is 5.97. The number of hydrogen-bond acceptors (Lipinski definition) is 4. The van der Waals surface area contributed by atoms with Crippen LogP contribution in [-0.2, 0) is 11.2 Å². The third-order valence-electron chi connectivity index (χ3n) is 2.49. The summed E-state index contributed by atoms with van der Waals surface area (Å²) in [5.74, 6) is 1.43. The molecule has 7 heteroatoms. The maximum absolute atomic E-state index is 11.3. The lowest BCUT2D eigenvalue weighted by molar-refractivity contribution is 0.139. The number of carbonyl (C=O) groups excluding carboxylic acids is 1. The molecule has 1 aromatic rings. The van der Waals surface area contributed by atoms with Crippen LogP contribution in [0.25, 0.3) is 0 Å². The number of halogens is 2. The van der Waals surface area contributed by atoms with Crippen molar-refractivity contribution in [1.82, 2.24) is 5.32 Å². The molecule has 1 amide bonds. The Kier molecular flexibility index (Phi) is 6.95. The molecule has 1 unspecified atom stereocenters. The number of benzene rings is 1. The minimum absolute atomic E-state index is 0.406. The molecule has 0 aromatic heterocycles. The van der Waals surface area contributed by atoms with Crippen molar-refractivity contribution in [1.29, 1.82) is 0 Å². The van der Waals surface area contributed by atoms with Gasteiger partial charge in [0.1, 0.15) is 11.5 Å². The summed E-state index contributed by atoms with van der Waals surface area (Å²) in [5, 5.41) is 2.61. The summed E-state index contributed by atoms with van der Waals surface area (Å²) in [4.78, 5) is 11.3. The van der Waals surface area contributed by atoms with Crippen molar-refractivity contribution >= 4 is 33.6 Å². The minimum Gasteiger partial charge on any atom is -0.496 e. The van der Waals surface area contributed by atoms with Crippen molar-refractivity contribution in [3.63, 3.8) is 0 Å². The van der Waals surface area contributed by atoms with Crippen molar-refractivity contribution in [3.05, 3.63) is 22.2 Å². The lowest BCUT2D eigenvalue weighted by Crippen LogP contribution is -2.28. The predicted octanol–water partition coefficient (Wildman–Crippen LogP) is 3.32. The number of methoxy groups -OCH3 is 2. The van der Waals surface area contributed by atoms with Crippen molar-refractivity contribution in [3.8, 4) is 11.5 Å². The molecule has 5 nitrogen and oxygen atoms in total. The van der Waals surface area contributed by atoms with E-state index in [9.17, 15) is 4.79 Å². The number of nitrogens with one attached hydrogen (secondary N) is 1. The lowest BCUT2D eigenvalue weighted by atomic mass is 10.1. The van der Waals surface area contributed by atoms with Gasteiger partial charge < -0.3 is 19.5 Å². The van der Waals surface area contributed by atoms with Gasteiger partial charge in [-0.2, -0.15) is 0 Å². The summed E-state index contributed by atoms with van der Waals surface area (Å²) < 4.78 is 16.1. The number of alkyl carbamates (subject to hydrolysis) is 1. The van der Waals surface area contributed by atoms with Crippen LogP contribution in [0, 0.1) is 0 Å². The maximum Gasteiger partial charge on any atom is 0.408 e. The second-order valence-corrected chi connectivity index (χ2v) is 5.39. The number of alkyl halides is 1. The summed E-state index contributed by atoms with van der Waals surface area (Å²) in [5.41, 5.74) is 0.268. The first kappa shape index (κ1) is 16.9. The fraction of sp³-hybridized carbons (Fsp3) is 0.462. The third kappa shape index (κ3) is 5.09. The molecule has 1 aromatic carbocycles. The Morgan fingerprint density at radius 2 is 2.00 bits per heavy atom. The Hall–Kier alpha value is -1.14. The number of ether oxygens (including phenoxy) is 3. The van der Waals surface area contributed by atoms with E-state index in [1.165, 1.54) is 0 Å². The molecule has 0 aliphatic rings. The van der Waals surface area contributed by atoms with E-state index in [2.05, 4.69) is 21.2 Å². The third-order valence-corrected chi connectivity index (χ3v) is 3.20. The van der Waals surface area contributed by atoms with Crippen LogP contribution in [-0.4, -0.2) is 32.4 Å². The lowest BCUT2D eigenvalue weighted by Gasteiger charge is -2.13. The van der Waals surface area contributed by atoms with Crippen molar-refractivity contribution < 1.29 is 19.0 Å². The summed E-state index contributed by atoms with van der Waals surface area (Å²) in [7, 11) is 3.18. The van der Waals surface area contributed by atoms with E-state index in [1.807, 2.05) is 12.1 Å². The molecule has 1 rings (SSSR count). The maximum atomic E-state index is 11.3. The summed E-state index contributed by atoms with van der Waals surface area (Å²) in [6.45, 7) is 1.98. The van der Waals surface area contributed by atoms with Gasteiger partial charge in [0.2, 0.25) is 0 Å². The molecule has 112 valence electrons. The van der Waals surface area contributed by atoms with Gasteiger partial charge in [0.15, 0.2) is 5.56 Å². The van der Waals surface area contributed by atoms with Gasteiger partial charge in [0.25, 0.3) is 0 Å². The molecule has 0 fully saturated rings. The monoisotopic (exact) mass is 365 g/mol. The van der Waals surface area contributed by atoms with Gasteiger partial charge in [-0.3, -0.25) is 0 Å². The van der Waals surface area contributed by atoms with Gasteiger partial charge in [0, 0.05) is 6.54 Å². The number of rotatable bonds is 6. The molecule has 0 saturated heterocycles. The van der Waals surface area contributed by atoms with Crippen LogP contribution in [0.3, 0.4) is 0 Å². The summed E-state index contributed by atoms with van der Waals surface area (Å²) in [6.07, 6.45) is 0.0361. The molecule has 0 radical (unpaired) electrons. The Bertz CT molecular complexity index is 468. The quantitative estimate of drug-likeness (QED) is 0.785. The minimum atomic E-state index is -0.655. The molecule has 0 aliphatic carbocycles. The molecule has 0 spiro atoms. The van der Waals surface area contributed by atoms with Crippen LogP contribution >= 0.6 is 27.5 Å². The molecule has 1 atom stereocenters. The van der Waals surface area contributed by atoms with Gasteiger partial charge >= 0.3 is 6.09 Å². The Labute approximate surface area is 131 Å². The standard InChI is InChI=1S/C13H17BrClNO4/c1-8(15)20-13(17)16-5-4-9-6-12(19-3)10(14)7-11(9)18-2/h6-8H,4-5H2,1-3H3,(H,16,17). The van der Waals surface area contributed by atoms with Gasteiger partial charge in [-0.25, -0.2) is 4.79 Å². The van der Waals surface area contributed by atoms with E-state index >= 15 is 0 Å². The first-order valence-corrected chi connectivity index (χ1v) is 7.19. The number of carbonyl (C=O) groups is 1. The Balaban J connectivity index is 2.65. The van der Waals surface area contributed by atoms with Crippen molar-refractivity contribution in [2.75, 3.05) is 20.8 Å². The molecule has 0 saturated carbocycles. The average Bonchev–Trinajstić information content (AvgIpc) is 2.39.